The molecule has 144 valence electrons. The molecular formula is C26H29NS. The van der Waals surface area contributed by atoms with Gasteiger partial charge in [-0.2, -0.15) is 11.8 Å². The normalized spacial score (nSPS) is 14.0. The minimum Gasteiger partial charge on any atom is -0.370 e. The van der Waals surface area contributed by atoms with Gasteiger partial charge in [0.1, 0.15) is 0 Å². The molecule has 1 heterocycles. The molecule has 0 spiro atoms. The zero-order valence-corrected chi connectivity index (χ0v) is 17.5. The number of fused-ring (bicyclic) bond motifs is 1. The largest absolute Gasteiger partial charge is 0.370 e. The molecule has 1 aliphatic heterocycles. The topological polar surface area (TPSA) is 3.24 Å². The van der Waals surface area contributed by atoms with E-state index in [0.717, 1.165) is 18.1 Å². The molecule has 3 aromatic carbocycles. The van der Waals surface area contributed by atoms with Gasteiger partial charge in [-0.15, -0.1) is 0 Å². The van der Waals surface area contributed by atoms with Crippen LogP contribution in [0.1, 0.15) is 30.0 Å². The van der Waals surface area contributed by atoms with Gasteiger partial charge in [0.25, 0.3) is 0 Å². The van der Waals surface area contributed by atoms with Gasteiger partial charge in [0.2, 0.25) is 0 Å². The van der Waals surface area contributed by atoms with Gasteiger partial charge in [-0.25, -0.2) is 0 Å². The Morgan fingerprint density at radius 2 is 1.43 bits per heavy atom. The lowest BCUT2D eigenvalue weighted by atomic mass is 9.78. The number of hydrogen-bond acceptors (Lipinski definition) is 2. The van der Waals surface area contributed by atoms with Crippen LogP contribution in [0.3, 0.4) is 0 Å². The molecule has 0 unspecified atom stereocenters. The highest BCUT2D eigenvalue weighted by atomic mass is 32.2. The number of thioether (sulfide) groups is 1. The van der Waals surface area contributed by atoms with Crippen LogP contribution in [0.4, 0.5) is 5.69 Å². The Morgan fingerprint density at radius 3 is 2.11 bits per heavy atom. The molecule has 0 bridgehead atoms. The predicted octanol–water partition coefficient (Wildman–Crippen LogP) is 6.18. The minimum atomic E-state index is 0.0347. The molecule has 2 heteroatoms. The molecule has 0 radical (unpaired) electrons. The van der Waals surface area contributed by atoms with Crippen molar-refractivity contribution in [1.82, 2.24) is 0 Å². The van der Waals surface area contributed by atoms with Gasteiger partial charge in [0, 0.05) is 35.7 Å². The van der Waals surface area contributed by atoms with Gasteiger partial charge in [-0.3, -0.25) is 0 Å². The third kappa shape index (κ3) is 4.12. The lowest BCUT2D eigenvalue weighted by Crippen LogP contribution is -2.32. The lowest BCUT2D eigenvalue weighted by molar-refractivity contribution is 0.652. The van der Waals surface area contributed by atoms with Crippen LogP contribution in [0, 0.1) is 0 Å². The fraction of sp³-hybridized carbons (Fsp3) is 0.308. The van der Waals surface area contributed by atoms with Crippen LogP contribution in [-0.4, -0.2) is 24.6 Å². The molecular weight excluding hydrogens is 358 g/mol. The van der Waals surface area contributed by atoms with Crippen molar-refractivity contribution in [2.24, 2.45) is 0 Å². The molecule has 0 saturated carbocycles. The highest BCUT2D eigenvalue weighted by Crippen LogP contribution is 2.35. The summed E-state index contributed by atoms with van der Waals surface area (Å²) in [6, 6.07) is 30.9. The van der Waals surface area contributed by atoms with Gasteiger partial charge in [-0.05, 0) is 35.6 Å². The van der Waals surface area contributed by atoms with Crippen LogP contribution < -0.4 is 4.90 Å². The van der Waals surface area contributed by atoms with Crippen molar-refractivity contribution in [2.45, 2.75) is 25.2 Å². The second-order valence-corrected chi connectivity index (χ2v) is 8.94. The van der Waals surface area contributed by atoms with E-state index in [-0.39, 0.29) is 5.41 Å². The standard InChI is InChI=1S/C26H29NS/c1-26(23-13-4-2-5-14-23,24-15-6-3-7-16-24)21-28-20-19-27-18-10-12-22-11-8-9-17-25(22)27/h2-9,11,13-17H,10,12,18-21H2,1H3. The second-order valence-electron chi connectivity index (χ2n) is 7.84. The van der Waals surface area contributed by atoms with Gasteiger partial charge in [0.05, 0.1) is 0 Å². The zero-order chi connectivity index (χ0) is 19.2. The minimum absolute atomic E-state index is 0.0347. The van der Waals surface area contributed by atoms with Crippen LogP contribution in [0.2, 0.25) is 0 Å². The average Bonchev–Trinajstić information content (AvgIpc) is 2.78. The summed E-state index contributed by atoms with van der Waals surface area (Å²) < 4.78 is 0. The zero-order valence-electron chi connectivity index (χ0n) is 16.7. The van der Waals surface area contributed by atoms with E-state index < -0.39 is 0 Å². The fourth-order valence-corrected chi connectivity index (χ4v) is 5.48. The first kappa shape index (κ1) is 19.1. The number of aryl methyl sites for hydroxylation is 1. The van der Waals surface area contributed by atoms with Crippen LogP contribution in [-0.2, 0) is 11.8 Å². The van der Waals surface area contributed by atoms with E-state index in [1.807, 2.05) is 0 Å². The van der Waals surface area contributed by atoms with Crippen LogP contribution >= 0.6 is 11.8 Å². The molecule has 0 saturated heterocycles. The third-order valence-corrected chi connectivity index (χ3v) is 7.18. The molecule has 1 nitrogen and oxygen atoms in total. The van der Waals surface area contributed by atoms with E-state index in [0.29, 0.717) is 0 Å². The molecule has 0 aliphatic carbocycles. The highest BCUT2D eigenvalue weighted by molar-refractivity contribution is 7.99. The van der Waals surface area contributed by atoms with E-state index in [4.69, 9.17) is 0 Å². The van der Waals surface area contributed by atoms with Gasteiger partial charge in [0.15, 0.2) is 0 Å². The first-order valence-corrected chi connectivity index (χ1v) is 11.4. The van der Waals surface area contributed by atoms with Crippen molar-refractivity contribution in [3.63, 3.8) is 0 Å². The Kier molecular flexibility index (Phi) is 6.07. The summed E-state index contributed by atoms with van der Waals surface area (Å²) >= 11 is 2.08. The van der Waals surface area contributed by atoms with Gasteiger partial charge < -0.3 is 4.90 Å². The van der Waals surface area contributed by atoms with Crippen LogP contribution in [0.15, 0.2) is 84.9 Å². The van der Waals surface area contributed by atoms with Crippen LogP contribution in [0.5, 0.6) is 0 Å². The Hall–Kier alpha value is -2.19. The fourth-order valence-electron chi connectivity index (χ4n) is 4.24. The summed E-state index contributed by atoms with van der Waals surface area (Å²) in [7, 11) is 0. The number of nitrogens with zero attached hydrogens (tertiary/aromatic N) is 1. The molecule has 4 rings (SSSR count). The summed E-state index contributed by atoms with van der Waals surface area (Å²) in [4.78, 5) is 2.58. The molecule has 1 aliphatic rings. The quantitative estimate of drug-likeness (QED) is 0.445. The number of anilines is 1. The summed E-state index contributed by atoms with van der Waals surface area (Å²) in [6.45, 7) is 4.70. The number of hydrogen-bond donors (Lipinski definition) is 0. The first-order chi connectivity index (χ1) is 13.8. The molecule has 0 aromatic heterocycles. The van der Waals surface area contributed by atoms with Gasteiger partial charge in [-0.1, -0.05) is 85.8 Å². The first-order valence-electron chi connectivity index (χ1n) is 10.3. The van der Waals surface area contributed by atoms with E-state index in [9.17, 15) is 0 Å². The van der Waals surface area contributed by atoms with Crippen molar-refractivity contribution in [3.05, 3.63) is 102 Å². The lowest BCUT2D eigenvalue weighted by Gasteiger charge is -2.33. The number of rotatable bonds is 7. The highest BCUT2D eigenvalue weighted by Gasteiger charge is 2.28. The molecule has 0 fully saturated rings. The second kappa shape index (κ2) is 8.87. The van der Waals surface area contributed by atoms with Crippen molar-refractivity contribution in [1.29, 1.82) is 0 Å². The maximum absolute atomic E-state index is 2.58. The maximum atomic E-state index is 2.58. The SMILES string of the molecule is CC(CSCCN1CCCc2ccccc21)(c1ccccc1)c1ccccc1. The molecule has 28 heavy (non-hydrogen) atoms. The Bertz CT molecular complexity index is 836. The Morgan fingerprint density at radius 1 is 0.821 bits per heavy atom. The van der Waals surface area contributed by atoms with E-state index in [2.05, 4.69) is 109 Å². The summed E-state index contributed by atoms with van der Waals surface area (Å²) in [5, 5.41) is 0. The van der Waals surface area contributed by atoms with E-state index >= 15 is 0 Å². The molecule has 0 atom stereocenters. The van der Waals surface area contributed by atoms with Gasteiger partial charge >= 0.3 is 0 Å². The maximum Gasteiger partial charge on any atom is 0.0399 e. The smallest absolute Gasteiger partial charge is 0.0399 e. The molecule has 0 amide bonds. The molecule has 3 aromatic rings. The summed E-state index contributed by atoms with van der Waals surface area (Å²) in [5.74, 6) is 2.25. The van der Waals surface area contributed by atoms with E-state index in [1.165, 1.54) is 41.8 Å². The van der Waals surface area contributed by atoms with Crippen LogP contribution in [0.25, 0.3) is 0 Å². The van der Waals surface area contributed by atoms with Crippen molar-refractivity contribution < 1.29 is 0 Å². The molecule has 0 N–H and O–H groups in total. The third-order valence-electron chi connectivity index (χ3n) is 5.92. The Labute approximate surface area is 173 Å². The van der Waals surface area contributed by atoms with Crippen molar-refractivity contribution in [3.8, 4) is 0 Å². The van der Waals surface area contributed by atoms with E-state index in [1.54, 1.807) is 0 Å². The van der Waals surface area contributed by atoms with Crippen molar-refractivity contribution in [2.75, 3.05) is 29.5 Å². The predicted molar refractivity (Wildman–Crippen MR) is 124 cm³/mol. The summed E-state index contributed by atoms with van der Waals surface area (Å²) in [5.41, 5.74) is 5.79. The average molecular weight is 388 g/mol. The Balaban J connectivity index is 1.44. The monoisotopic (exact) mass is 387 g/mol. The number of benzene rings is 3. The number of para-hydroxylation sites is 1. The summed E-state index contributed by atoms with van der Waals surface area (Å²) in [6.07, 6.45) is 2.49. The van der Waals surface area contributed by atoms with Crippen molar-refractivity contribution >= 4 is 17.4 Å².